The normalized spacial score (nSPS) is 10.9. The Bertz CT molecular complexity index is 367. The van der Waals surface area contributed by atoms with E-state index in [1.54, 1.807) is 12.1 Å². The lowest BCUT2D eigenvalue weighted by molar-refractivity contribution is 0.0887. The third-order valence-corrected chi connectivity index (χ3v) is 2.10. The minimum absolute atomic E-state index is 0.173. The number of carbonyl (C=O) groups is 1. The highest BCUT2D eigenvalue weighted by atomic mass is 19.3. The van der Waals surface area contributed by atoms with Crippen LogP contribution < -0.4 is 5.32 Å². The molecule has 16 heavy (non-hydrogen) atoms. The Balaban J connectivity index is 2.72. The van der Waals surface area contributed by atoms with Crippen molar-refractivity contribution in [3.63, 3.8) is 0 Å². The van der Waals surface area contributed by atoms with Gasteiger partial charge in [0.25, 0.3) is 12.3 Å². The second-order valence-electron chi connectivity index (χ2n) is 3.73. The fourth-order valence-electron chi connectivity index (χ4n) is 1.19. The van der Waals surface area contributed by atoms with Crippen LogP contribution in [0.1, 0.15) is 35.8 Å². The van der Waals surface area contributed by atoms with Gasteiger partial charge in [-0.2, -0.15) is 0 Å². The molecular weight excluding hydrogens is 214 g/mol. The lowest BCUT2D eigenvalue weighted by Gasteiger charge is -2.07. The van der Waals surface area contributed by atoms with Gasteiger partial charge < -0.3 is 5.32 Å². The number of amides is 1. The van der Waals surface area contributed by atoms with Crippen LogP contribution in [0.25, 0.3) is 0 Å². The molecule has 0 bridgehead atoms. The number of alkyl halides is 2. The van der Waals surface area contributed by atoms with Crippen LogP contribution in [0.4, 0.5) is 8.78 Å². The minimum Gasteiger partial charge on any atom is -0.345 e. The first kappa shape index (κ1) is 12.5. The Hall–Kier alpha value is -1.52. The molecule has 1 aromatic heterocycles. The van der Waals surface area contributed by atoms with Crippen LogP contribution in [-0.2, 0) is 0 Å². The predicted molar refractivity (Wildman–Crippen MR) is 56.7 cm³/mol. The molecule has 0 radical (unpaired) electrons. The quantitative estimate of drug-likeness (QED) is 0.858. The van der Waals surface area contributed by atoms with E-state index in [4.69, 9.17) is 0 Å². The van der Waals surface area contributed by atoms with Gasteiger partial charge in [0.2, 0.25) is 0 Å². The van der Waals surface area contributed by atoms with E-state index in [0.29, 0.717) is 0 Å². The molecule has 0 unspecified atom stereocenters. The molecule has 0 aromatic carbocycles. The van der Waals surface area contributed by atoms with Gasteiger partial charge in [0.05, 0.1) is 6.54 Å². The summed E-state index contributed by atoms with van der Waals surface area (Å²) in [7, 11) is 0. The van der Waals surface area contributed by atoms with E-state index in [1.807, 2.05) is 13.8 Å². The smallest absolute Gasteiger partial charge is 0.270 e. The largest absolute Gasteiger partial charge is 0.345 e. The molecule has 1 amide bonds. The minimum atomic E-state index is -2.54. The first-order valence-electron chi connectivity index (χ1n) is 5.03. The molecule has 0 aliphatic rings. The maximum Gasteiger partial charge on any atom is 0.270 e. The first-order valence-corrected chi connectivity index (χ1v) is 5.03. The summed E-state index contributed by atoms with van der Waals surface area (Å²) in [6, 6.07) is 3.42. The van der Waals surface area contributed by atoms with E-state index in [0.717, 1.165) is 5.56 Å². The molecule has 0 fully saturated rings. The van der Waals surface area contributed by atoms with Crippen molar-refractivity contribution in [2.75, 3.05) is 6.54 Å². The summed E-state index contributed by atoms with van der Waals surface area (Å²) in [5.74, 6) is -0.299. The number of aromatic nitrogens is 1. The van der Waals surface area contributed by atoms with Gasteiger partial charge in [0.1, 0.15) is 5.69 Å². The number of halogens is 2. The molecule has 1 aromatic rings. The van der Waals surface area contributed by atoms with Gasteiger partial charge in [-0.1, -0.05) is 13.8 Å². The van der Waals surface area contributed by atoms with Crippen molar-refractivity contribution in [2.45, 2.75) is 26.2 Å². The van der Waals surface area contributed by atoms with Crippen LogP contribution in [0.15, 0.2) is 18.3 Å². The van der Waals surface area contributed by atoms with Crippen LogP contribution >= 0.6 is 0 Å². The summed E-state index contributed by atoms with van der Waals surface area (Å²) in [4.78, 5) is 15.3. The van der Waals surface area contributed by atoms with Crippen molar-refractivity contribution in [3.05, 3.63) is 29.6 Å². The highest BCUT2D eigenvalue weighted by Gasteiger charge is 2.11. The second kappa shape index (κ2) is 5.53. The summed E-state index contributed by atoms with van der Waals surface area (Å²) in [6.07, 6.45) is -1.04. The monoisotopic (exact) mass is 228 g/mol. The topological polar surface area (TPSA) is 42.0 Å². The van der Waals surface area contributed by atoms with E-state index < -0.39 is 18.9 Å². The zero-order chi connectivity index (χ0) is 12.1. The Morgan fingerprint density at radius 1 is 1.50 bits per heavy atom. The maximum atomic E-state index is 11.9. The van der Waals surface area contributed by atoms with Gasteiger partial charge in [-0.15, -0.1) is 0 Å². The van der Waals surface area contributed by atoms with E-state index in [-0.39, 0.29) is 11.6 Å². The predicted octanol–water partition coefficient (Wildman–Crippen LogP) is 2.20. The van der Waals surface area contributed by atoms with Crippen molar-refractivity contribution >= 4 is 5.91 Å². The average Bonchev–Trinajstić information content (AvgIpc) is 2.26. The van der Waals surface area contributed by atoms with Crippen molar-refractivity contribution in [1.82, 2.24) is 10.3 Å². The van der Waals surface area contributed by atoms with Crippen LogP contribution in [0.3, 0.4) is 0 Å². The van der Waals surface area contributed by atoms with E-state index in [1.165, 1.54) is 6.20 Å². The van der Waals surface area contributed by atoms with Gasteiger partial charge in [0, 0.05) is 6.20 Å². The van der Waals surface area contributed by atoms with E-state index >= 15 is 0 Å². The fraction of sp³-hybridized carbons (Fsp3) is 0.455. The summed E-state index contributed by atoms with van der Waals surface area (Å²) in [5, 5.41) is 2.11. The molecule has 0 saturated heterocycles. The third-order valence-electron chi connectivity index (χ3n) is 2.10. The number of rotatable bonds is 4. The molecule has 3 nitrogen and oxygen atoms in total. The zero-order valence-corrected chi connectivity index (χ0v) is 9.21. The number of carbonyl (C=O) groups excluding carboxylic acids is 1. The molecule has 0 aliphatic carbocycles. The molecule has 0 saturated carbocycles. The maximum absolute atomic E-state index is 11.9. The standard InChI is InChI=1S/C11H14F2N2O/c1-7(2)8-3-4-14-9(5-8)11(16)15-6-10(12)13/h3-5,7,10H,6H2,1-2H3,(H,15,16). The lowest BCUT2D eigenvalue weighted by atomic mass is 10.0. The van der Waals surface area contributed by atoms with Gasteiger partial charge in [-0.25, -0.2) is 8.78 Å². The average molecular weight is 228 g/mol. The van der Waals surface area contributed by atoms with Gasteiger partial charge in [0.15, 0.2) is 0 Å². The molecule has 5 heteroatoms. The molecule has 1 heterocycles. The Kier molecular flexibility index (Phi) is 4.34. The fourth-order valence-corrected chi connectivity index (χ4v) is 1.19. The number of hydrogen-bond acceptors (Lipinski definition) is 2. The molecule has 88 valence electrons. The first-order chi connectivity index (χ1) is 7.50. The summed E-state index contributed by atoms with van der Waals surface area (Å²) >= 11 is 0. The van der Waals surface area contributed by atoms with Crippen molar-refractivity contribution in [3.8, 4) is 0 Å². The summed E-state index contributed by atoms with van der Waals surface area (Å²) in [6.45, 7) is 3.32. The SMILES string of the molecule is CC(C)c1ccnc(C(=O)NCC(F)F)c1. The number of nitrogens with zero attached hydrogens (tertiary/aromatic N) is 1. The number of nitrogens with one attached hydrogen (secondary N) is 1. The third kappa shape index (κ3) is 3.56. The number of hydrogen-bond donors (Lipinski definition) is 1. The highest BCUT2D eigenvalue weighted by molar-refractivity contribution is 5.92. The Labute approximate surface area is 92.9 Å². The molecule has 1 rings (SSSR count). The van der Waals surface area contributed by atoms with Crippen LogP contribution in [0, 0.1) is 0 Å². The van der Waals surface area contributed by atoms with Crippen LogP contribution in [0.5, 0.6) is 0 Å². The lowest BCUT2D eigenvalue weighted by Crippen LogP contribution is -2.29. The highest BCUT2D eigenvalue weighted by Crippen LogP contribution is 2.13. The Morgan fingerprint density at radius 3 is 2.75 bits per heavy atom. The molecule has 0 spiro atoms. The van der Waals surface area contributed by atoms with E-state index in [2.05, 4.69) is 10.3 Å². The molecular formula is C11H14F2N2O. The van der Waals surface area contributed by atoms with Crippen molar-refractivity contribution in [2.24, 2.45) is 0 Å². The number of pyridine rings is 1. The van der Waals surface area contributed by atoms with Crippen molar-refractivity contribution < 1.29 is 13.6 Å². The second-order valence-corrected chi connectivity index (χ2v) is 3.73. The van der Waals surface area contributed by atoms with Crippen LogP contribution in [-0.4, -0.2) is 23.9 Å². The molecule has 0 aliphatic heterocycles. The van der Waals surface area contributed by atoms with Crippen LogP contribution in [0.2, 0.25) is 0 Å². The summed E-state index contributed by atoms with van der Waals surface area (Å²) in [5.41, 5.74) is 1.13. The molecule has 0 atom stereocenters. The molecule has 1 N–H and O–H groups in total. The summed E-state index contributed by atoms with van der Waals surface area (Å²) < 4.78 is 23.8. The van der Waals surface area contributed by atoms with Crippen molar-refractivity contribution in [1.29, 1.82) is 0 Å². The Morgan fingerprint density at radius 2 is 2.19 bits per heavy atom. The van der Waals surface area contributed by atoms with Gasteiger partial charge in [-0.05, 0) is 23.6 Å². The van der Waals surface area contributed by atoms with Gasteiger partial charge in [-0.3, -0.25) is 9.78 Å². The van der Waals surface area contributed by atoms with E-state index in [9.17, 15) is 13.6 Å². The van der Waals surface area contributed by atoms with Gasteiger partial charge >= 0.3 is 0 Å². The zero-order valence-electron chi connectivity index (χ0n) is 9.21.